The van der Waals surface area contributed by atoms with E-state index in [0.29, 0.717) is 5.92 Å². The third-order valence-corrected chi connectivity index (χ3v) is 2.09. The van der Waals surface area contributed by atoms with Crippen molar-refractivity contribution in [2.45, 2.75) is 40.0 Å². The highest BCUT2D eigenvalue weighted by molar-refractivity contribution is 4.83. The van der Waals surface area contributed by atoms with Gasteiger partial charge in [0.05, 0.1) is 0 Å². The lowest BCUT2D eigenvalue weighted by Gasteiger charge is -1.98. The van der Waals surface area contributed by atoms with Crippen LogP contribution in [0.2, 0.25) is 0 Å². The van der Waals surface area contributed by atoms with Crippen molar-refractivity contribution in [1.29, 1.82) is 0 Å². The molecular formula is C11H21N3O. The molecule has 4 nitrogen and oxygen atoms in total. The second kappa shape index (κ2) is 6.56. The highest BCUT2D eigenvalue weighted by atomic mass is 16.4. The Bertz CT molecular complexity index is 271. The largest absolute Gasteiger partial charge is 0.425 e. The summed E-state index contributed by atoms with van der Waals surface area (Å²) in [7, 11) is 0. The number of aromatic nitrogens is 2. The van der Waals surface area contributed by atoms with Gasteiger partial charge in [-0.15, -0.1) is 10.2 Å². The summed E-state index contributed by atoms with van der Waals surface area (Å²) in [6.07, 6.45) is 2.80. The molecule has 0 amide bonds. The van der Waals surface area contributed by atoms with E-state index in [1.165, 1.54) is 0 Å². The molecule has 1 aromatic heterocycles. The van der Waals surface area contributed by atoms with Gasteiger partial charge in [0.25, 0.3) is 0 Å². The first-order valence-corrected chi connectivity index (χ1v) is 5.74. The highest BCUT2D eigenvalue weighted by Gasteiger charge is 2.07. The summed E-state index contributed by atoms with van der Waals surface area (Å²) >= 11 is 0. The second-order valence-corrected chi connectivity index (χ2v) is 4.14. The second-order valence-electron chi connectivity index (χ2n) is 4.14. The Balaban J connectivity index is 2.26. The Morgan fingerprint density at radius 1 is 1.27 bits per heavy atom. The quantitative estimate of drug-likeness (QED) is 0.699. The lowest BCUT2D eigenvalue weighted by Crippen LogP contribution is -2.14. The molecule has 0 radical (unpaired) electrons. The molecule has 0 saturated carbocycles. The molecule has 0 spiro atoms. The SMILES string of the molecule is CCNCCCc1nnc(CC(C)C)o1. The third kappa shape index (κ3) is 4.93. The Kier molecular flexibility index (Phi) is 5.32. The summed E-state index contributed by atoms with van der Waals surface area (Å²) in [6.45, 7) is 8.43. The molecule has 0 saturated heterocycles. The number of hydrogen-bond donors (Lipinski definition) is 1. The van der Waals surface area contributed by atoms with Crippen molar-refractivity contribution in [3.63, 3.8) is 0 Å². The van der Waals surface area contributed by atoms with Crippen LogP contribution >= 0.6 is 0 Å². The summed E-state index contributed by atoms with van der Waals surface area (Å²) in [5.41, 5.74) is 0. The van der Waals surface area contributed by atoms with Crippen LogP contribution in [-0.2, 0) is 12.8 Å². The maximum Gasteiger partial charge on any atom is 0.216 e. The van der Waals surface area contributed by atoms with Crippen LogP contribution in [0, 0.1) is 5.92 Å². The molecule has 86 valence electrons. The first kappa shape index (κ1) is 12.2. The molecule has 1 N–H and O–H groups in total. The fraction of sp³-hybridized carbons (Fsp3) is 0.818. The van der Waals surface area contributed by atoms with Gasteiger partial charge >= 0.3 is 0 Å². The summed E-state index contributed by atoms with van der Waals surface area (Å²) in [6, 6.07) is 0. The van der Waals surface area contributed by atoms with Gasteiger partial charge in [-0.25, -0.2) is 0 Å². The van der Waals surface area contributed by atoms with Gasteiger partial charge in [-0.3, -0.25) is 0 Å². The van der Waals surface area contributed by atoms with Crippen LogP contribution in [0.4, 0.5) is 0 Å². The molecule has 0 aliphatic rings. The topological polar surface area (TPSA) is 51.0 Å². The van der Waals surface area contributed by atoms with Crippen LogP contribution in [0.3, 0.4) is 0 Å². The molecule has 0 unspecified atom stereocenters. The summed E-state index contributed by atoms with van der Waals surface area (Å²) in [5.74, 6) is 2.10. The lowest BCUT2D eigenvalue weighted by atomic mass is 10.1. The van der Waals surface area contributed by atoms with Crippen LogP contribution < -0.4 is 5.32 Å². The lowest BCUT2D eigenvalue weighted by molar-refractivity contribution is 0.420. The molecular weight excluding hydrogens is 190 g/mol. The van der Waals surface area contributed by atoms with E-state index >= 15 is 0 Å². The Labute approximate surface area is 91.5 Å². The Morgan fingerprint density at radius 3 is 2.67 bits per heavy atom. The van der Waals surface area contributed by atoms with Gasteiger partial charge in [0, 0.05) is 12.8 Å². The number of nitrogens with zero attached hydrogens (tertiary/aromatic N) is 2. The van der Waals surface area contributed by atoms with Crippen LogP contribution in [0.1, 0.15) is 39.0 Å². The molecule has 0 aliphatic carbocycles. The van der Waals surface area contributed by atoms with Gasteiger partial charge in [0.1, 0.15) is 0 Å². The van der Waals surface area contributed by atoms with E-state index in [2.05, 4.69) is 36.3 Å². The molecule has 0 atom stereocenters. The molecule has 4 heteroatoms. The molecule has 0 aliphatic heterocycles. The first-order valence-electron chi connectivity index (χ1n) is 5.74. The van der Waals surface area contributed by atoms with Crippen molar-refractivity contribution in [3.05, 3.63) is 11.8 Å². The van der Waals surface area contributed by atoms with Crippen molar-refractivity contribution in [2.24, 2.45) is 5.92 Å². The van der Waals surface area contributed by atoms with Crippen LogP contribution in [-0.4, -0.2) is 23.3 Å². The number of rotatable bonds is 7. The van der Waals surface area contributed by atoms with Crippen molar-refractivity contribution in [1.82, 2.24) is 15.5 Å². The molecule has 15 heavy (non-hydrogen) atoms. The summed E-state index contributed by atoms with van der Waals surface area (Å²) in [4.78, 5) is 0. The average molecular weight is 211 g/mol. The van der Waals surface area contributed by atoms with E-state index < -0.39 is 0 Å². The van der Waals surface area contributed by atoms with Crippen molar-refractivity contribution >= 4 is 0 Å². The third-order valence-electron chi connectivity index (χ3n) is 2.09. The predicted molar refractivity (Wildman–Crippen MR) is 59.7 cm³/mol. The van der Waals surface area contributed by atoms with Gasteiger partial charge < -0.3 is 9.73 Å². The van der Waals surface area contributed by atoms with Gasteiger partial charge in [0.15, 0.2) is 0 Å². The van der Waals surface area contributed by atoms with E-state index in [0.717, 1.165) is 44.1 Å². The average Bonchev–Trinajstić information content (AvgIpc) is 2.59. The normalized spacial score (nSPS) is 11.2. The number of hydrogen-bond acceptors (Lipinski definition) is 4. The minimum Gasteiger partial charge on any atom is -0.425 e. The zero-order valence-corrected chi connectivity index (χ0v) is 9.92. The van der Waals surface area contributed by atoms with E-state index in [1.54, 1.807) is 0 Å². The highest BCUT2D eigenvalue weighted by Crippen LogP contribution is 2.07. The monoisotopic (exact) mass is 211 g/mol. The number of nitrogens with one attached hydrogen (secondary N) is 1. The Hall–Kier alpha value is -0.900. The van der Waals surface area contributed by atoms with E-state index in [1.807, 2.05) is 0 Å². The maximum absolute atomic E-state index is 5.52. The minimum absolute atomic E-state index is 0.569. The van der Waals surface area contributed by atoms with E-state index in [4.69, 9.17) is 4.42 Å². The first-order chi connectivity index (χ1) is 7.22. The summed E-state index contributed by atoms with van der Waals surface area (Å²) in [5, 5.41) is 11.3. The molecule has 1 rings (SSSR count). The molecule has 1 aromatic rings. The zero-order valence-electron chi connectivity index (χ0n) is 9.92. The van der Waals surface area contributed by atoms with Crippen molar-refractivity contribution < 1.29 is 4.42 Å². The fourth-order valence-corrected chi connectivity index (χ4v) is 1.36. The van der Waals surface area contributed by atoms with Crippen molar-refractivity contribution in [3.8, 4) is 0 Å². The van der Waals surface area contributed by atoms with Crippen LogP contribution in [0.25, 0.3) is 0 Å². The summed E-state index contributed by atoms with van der Waals surface area (Å²) < 4.78 is 5.52. The van der Waals surface area contributed by atoms with E-state index in [-0.39, 0.29) is 0 Å². The zero-order chi connectivity index (χ0) is 11.1. The molecule has 1 heterocycles. The standard InChI is InChI=1S/C11H21N3O/c1-4-12-7-5-6-10-13-14-11(15-10)8-9(2)3/h9,12H,4-8H2,1-3H3. The predicted octanol–water partition coefficient (Wildman–Crippen LogP) is 1.81. The van der Waals surface area contributed by atoms with Gasteiger partial charge in [-0.1, -0.05) is 20.8 Å². The molecule has 0 bridgehead atoms. The molecule has 0 fully saturated rings. The molecule has 0 aromatic carbocycles. The smallest absolute Gasteiger partial charge is 0.216 e. The van der Waals surface area contributed by atoms with E-state index in [9.17, 15) is 0 Å². The van der Waals surface area contributed by atoms with Crippen LogP contribution in [0.5, 0.6) is 0 Å². The van der Waals surface area contributed by atoms with Crippen molar-refractivity contribution in [2.75, 3.05) is 13.1 Å². The fourth-order valence-electron chi connectivity index (χ4n) is 1.36. The maximum atomic E-state index is 5.52. The van der Waals surface area contributed by atoms with Crippen LogP contribution in [0.15, 0.2) is 4.42 Å². The number of aryl methyl sites for hydroxylation is 1. The Morgan fingerprint density at radius 2 is 2.00 bits per heavy atom. The van der Waals surface area contributed by atoms with Gasteiger partial charge in [-0.2, -0.15) is 0 Å². The van der Waals surface area contributed by atoms with Gasteiger partial charge in [0.2, 0.25) is 11.8 Å². The van der Waals surface area contributed by atoms with Gasteiger partial charge in [-0.05, 0) is 25.4 Å². The minimum atomic E-state index is 0.569.